The van der Waals surface area contributed by atoms with Crippen LogP contribution in [0.25, 0.3) is 0 Å². The van der Waals surface area contributed by atoms with E-state index in [-0.39, 0.29) is 12.5 Å². The number of amides is 1. The summed E-state index contributed by atoms with van der Waals surface area (Å²) in [5.41, 5.74) is 0. The first kappa shape index (κ1) is 13.0. The van der Waals surface area contributed by atoms with Gasteiger partial charge in [-0.3, -0.25) is 4.79 Å². The van der Waals surface area contributed by atoms with Crippen molar-refractivity contribution in [1.82, 2.24) is 4.90 Å². The summed E-state index contributed by atoms with van der Waals surface area (Å²) in [5, 5.41) is 0. The molecule has 0 aromatic carbocycles. The third-order valence-corrected chi connectivity index (χ3v) is 3.06. The van der Waals surface area contributed by atoms with Crippen molar-refractivity contribution in [2.24, 2.45) is 5.92 Å². The molecule has 18 heavy (non-hydrogen) atoms. The molecule has 0 radical (unpaired) electrons. The highest BCUT2D eigenvalue weighted by atomic mass is 19.4. The van der Waals surface area contributed by atoms with Crippen molar-refractivity contribution in [3.05, 3.63) is 24.2 Å². The normalized spacial score (nSPS) is 16.4. The van der Waals surface area contributed by atoms with E-state index in [0.717, 1.165) is 11.3 Å². The fraction of sp³-hybridized carbons (Fsp3) is 0.583. The molecule has 1 amide bonds. The van der Waals surface area contributed by atoms with E-state index in [1.807, 2.05) is 0 Å². The predicted octanol–water partition coefficient (Wildman–Crippen LogP) is 2.97. The highest BCUT2D eigenvalue weighted by Crippen LogP contribution is 2.30. The van der Waals surface area contributed by atoms with E-state index in [9.17, 15) is 18.0 Å². The first-order valence-corrected chi connectivity index (χ1v) is 5.83. The maximum atomic E-state index is 12.5. The maximum Gasteiger partial charge on any atom is 0.406 e. The van der Waals surface area contributed by atoms with Crippen molar-refractivity contribution >= 4 is 5.91 Å². The Labute approximate surface area is 103 Å². The molecule has 1 fully saturated rings. The van der Waals surface area contributed by atoms with Crippen LogP contribution in [0.5, 0.6) is 0 Å². The molecule has 3 nitrogen and oxygen atoms in total. The fourth-order valence-electron chi connectivity index (χ4n) is 1.93. The zero-order chi connectivity index (χ0) is 13.2. The van der Waals surface area contributed by atoms with E-state index in [4.69, 9.17) is 4.42 Å². The van der Waals surface area contributed by atoms with Gasteiger partial charge >= 0.3 is 6.18 Å². The van der Waals surface area contributed by atoms with Gasteiger partial charge in [0.2, 0.25) is 5.91 Å². The number of rotatable bonds is 4. The van der Waals surface area contributed by atoms with E-state index in [2.05, 4.69) is 0 Å². The number of hydrogen-bond acceptors (Lipinski definition) is 2. The summed E-state index contributed by atoms with van der Waals surface area (Å²) in [4.78, 5) is 12.7. The Hall–Kier alpha value is -1.46. The third-order valence-electron chi connectivity index (χ3n) is 3.06. The van der Waals surface area contributed by atoms with Crippen molar-refractivity contribution < 1.29 is 22.4 Å². The van der Waals surface area contributed by atoms with Crippen molar-refractivity contribution in [2.75, 3.05) is 6.54 Å². The Kier molecular flexibility index (Phi) is 3.63. The van der Waals surface area contributed by atoms with Gasteiger partial charge in [-0.05, 0) is 25.0 Å². The van der Waals surface area contributed by atoms with E-state index in [1.54, 1.807) is 12.1 Å². The molecule has 0 unspecified atom stereocenters. The average molecular weight is 261 g/mol. The Bertz CT molecular complexity index is 396. The van der Waals surface area contributed by atoms with Crippen LogP contribution in [0.4, 0.5) is 13.2 Å². The molecular formula is C12H14F3NO2. The van der Waals surface area contributed by atoms with Gasteiger partial charge in [0.05, 0.1) is 12.8 Å². The Morgan fingerprint density at radius 1 is 1.44 bits per heavy atom. The van der Waals surface area contributed by atoms with Gasteiger partial charge in [0.15, 0.2) is 0 Å². The molecule has 1 saturated carbocycles. The summed E-state index contributed by atoms with van der Waals surface area (Å²) in [6.07, 6.45) is -0.714. The molecule has 1 aliphatic rings. The van der Waals surface area contributed by atoms with Crippen LogP contribution in [0.1, 0.15) is 25.0 Å². The van der Waals surface area contributed by atoms with E-state index >= 15 is 0 Å². The summed E-state index contributed by atoms with van der Waals surface area (Å²) < 4.78 is 42.4. The van der Waals surface area contributed by atoms with Gasteiger partial charge in [-0.1, -0.05) is 6.42 Å². The summed E-state index contributed by atoms with van der Waals surface area (Å²) in [5.74, 6) is -0.302. The number of halogens is 3. The van der Waals surface area contributed by atoms with Crippen molar-refractivity contribution in [3.63, 3.8) is 0 Å². The fourth-order valence-corrected chi connectivity index (χ4v) is 1.93. The minimum atomic E-state index is -4.38. The van der Waals surface area contributed by atoms with Crippen LogP contribution in [0, 0.1) is 5.92 Å². The van der Waals surface area contributed by atoms with Crippen LogP contribution in [0.15, 0.2) is 22.8 Å². The van der Waals surface area contributed by atoms with Crippen LogP contribution in [-0.4, -0.2) is 23.5 Å². The zero-order valence-corrected chi connectivity index (χ0v) is 9.74. The Balaban J connectivity index is 2.04. The van der Waals surface area contributed by atoms with Gasteiger partial charge in [-0.25, -0.2) is 0 Å². The quantitative estimate of drug-likeness (QED) is 0.834. The second-order valence-electron chi connectivity index (χ2n) is 4.52. The van der Waals surface area contributed by atoms with Crippen LogP contribution in [-0.2, 0) is 11.3 Å². The smallest absolute Gasteiger partial charge is 0.406 e. The van der Waals surface area contributed by atoms with Gasteiger partial charge in [0.1, 0.15) is 12.3 Å². The van der Waals surface area contributed by atoms with Crippen molar-refractivity contribution in [1.29, 1.82) is 0 Å². The molecule has 0 bridgehead atoms. The lowest BCUT2D eigenvalue weighted by Gasteiger charge is -2.31. The first-order valence-electron chi connectivity index (χ1n) is 5.83. The zero-order valence-electron chi connectivity index (χ0n) is 9.74. The molecule has 6 heteroatoms. The minimum absolute atomic E-state index is 0.123. The lowest BCUT2D eigenvalue weighted by Crippen LogP contribution is -2.43. The van der Waals surface area contributed by atoms with E-state index in [0.29, 0.717) is 18.6 Å². The summed E-state index contributed by atoms with van der Waals surface area (Å²) >= 11 is 0. The predicted molar refractivity (Wildman–Crippen MR) is 57.5 cm³/mol. The molecule has 0 atom stereocenters. The number of carbonyl (C=O) groups excluding carboxylic acids is 1. The number of alkyl halides is 3. The molecule has 0 N–H and O–H groups in total. The third kappa shape index (κ3) is 3.27. The van der Waals surface area contributed by atoms with E-state index in [1.165, 1.54) is 6.26 Å². The number of furan rings is 1. The standard InChI is InChI=1S/C12H14F3NO2/c13-12(14,15)8-16(7-10-5-2-6-18-10)11(17)9-3-1-4-9/h2,5-6,9H,1,3-4,7-8H2. The molecule has 1 aromatic heterocycles. The van der Waals surface area contributed by atoms with Crippen LogP contribution < -0.4 is 0 Å². The van der Waals surface area contributed by atoms with Gasteiger partial charge in [0.25, 0.3) is 0 Å². The molecule has 100 valence electrons. The molecule has 2 rings (SSSR count). The maximum absolute atomic E-state index is 12.5. The number of nitrogens with zero attached hydrogens (tertiary/aromatic N) is 1. The molecular weight excluding hydrogens is 247 g/mol. The molecule has 1 aliphatic carbocycles. The molecule has 0 saturated heterocycles. The van der Waals surface area contributed by atoms with Gasteiger partial charge in [-0.2, -0.15) is 13.2 Å². The second-order valence-corrected chi connectivity index (χ2v) is 4.52. The summed E-state index contributed by atoms with van der Waals surface area (Å²) in [6.45, 7) is -1.34. The van der Waals surface area contributed by atoms with Crippen LogP contribution >= 0.6 is 0 Å². The largest absolute Gasteiger partial charge is 0.467 e. The Morgan fingerprint density at radius 2 is 2.17 bits per heavy atom. The first-order chi connectivity index (χ1) is 8.46. The average Bonchev–Trinajstić information content (AvgIpc) is 2.64. The second kappa shape index (κ2) is 5.04. The molecule has 1 aromatic rings. The lowest BCUT2D eigenvalue weighted by molar-refractivity contribution is -0.167. The van der Waals surface area contributed by atoms with E-state index < -0.39 is 18.6 Å². The van der Waals surface area contributed by atoms with Crippen molar-refractivity contribution in [3.8, 4) is 0 Å². The van der Waals surface area contributed by atoms with Gasteiger partial charge in [-0.15, -0.1) is 0 Å². The topological polar surface area (TPSA) is 33.5 Å². The number of carbonyl (C=O) groups is 1. The lowest BCUT2D eigenvalue weighted by atomic mass is 9.84. The SMILES string of the molecule is O=C(C1CCC1)N(Cc1ccco1)CC(F)(F)F. The van der Waals surface area contributed by atoms with Crippen LogP contribution in [0.3, 0.4) is 0 Å². The van der Waals surface area contributed by atoms with Crippen molar-refractivity contribution in [2.45, 2.75) is 32.0 Å². The highest BCUT2D eigenvalue weighted by molar-refractivity contribution is 5.79. The number of hydrogen-bond donors (Lipinski definition) is 0. The monoisotopic (exact) mass is 261 g/mol. The molecule has 0 spiro atoms. The molecule has 0 aliphatic heterocycles. The highest BCUT2D eigenvalue weighted by Gasteiger charge is 2.37. The molecule has 1 heterocycles. The minimum Gasteiger partial charge on any atom is -0.467 e. The van der Waals surface area contributed by atoms with Crippen LogP contribution in [0.2, 0.25) is 0 Å². The van der Waals surface area contributed by atoms with Gasteiger partial charge in [0, 0.05) is 5.92 Å². The summed E-state index contributed by atoms with van der Waals surface area (Å²) in [6, 6.07) is 3.16. The Morgan fingerprint density at radius 3 is 2.61 bits per heavy atom. The van der Waals surface area contributed by atoms with Gasteiger partial charge < -0.3 is 9.32 Å². The summed E-state index contributed by atoms with van der Waals surface area (Å²) in [7, 11) is 0.